The molecule has 9 heteroatoms. The van der Waals surface area contributed by atoms with Gasteiger partial charge in [-0.15, -0.1) is 24.0 Å². The number of benzene rings is 1. The molecule has 144 valence electrons. The van der Waals surface area contributed by atoms with Gasteiger partial charge in [0, 0.05) is 40.3 Å². The van der Waals surface area contributed by atoms with Crippen LogP contribution in [-0.2, 0) is 16.6 Å². The van der Waals surface area contributed by atoms with E-state index < -0.39 is 10.0 Å². The second kappa shape index (κ2) is 11.6. The number of sulfonamides is 1. The van der Waals surface area contributed by atoms with Gasteiger partial charge in [-0.3, -0.25) is 4.99 Å². The fraction of sp³-hybridized carbons (Fsp3) is 0.562. The molecule has 0 radical (unpaired) electrons. The number of halogens is 2. The highest BCUT2D eigenvalue weighted by Crippen LogP contribution is 2.06. The first-order valence-corrected chi connectivity index (χ1v) is 9.59. The van der Waals surface area contributed by atoms with E-state index in [-0.39, 0.29) is 42.1 Å². The molecule has 0 aliphatic rings. The van der Waals surface area contributed by atoms with Crippen molar-refractivity contribution in [1.82, 2.24) is 14.5 Å². The summed E-state index contributed by atoms with van der Waals surface area (Å²) in [5.41, 5.74) is 0.816. The zero-order valence-corrected chi connectivity index (χ0v) is 18.3. The summed E-state index contributed by atoms with van der Waals surface area (Å²) < 4.78 is 39.0. The summed E-state index contributed by atoms with van der Waals surface area (Å²) >= 11 is 0. The fourth-order valence-corrected chi connectivity index (χ4v) is 3.81. The lowest BCUT2D eigenvalue weighted by Crippen LogP contribution is -2.42. The summed E-state index contributed by atoms with van der Waals surface area (Å²) in [4.78, 5) is 5.96. The monoisotopic (exact) mass is 486 g/mol. The quantitative estimate of drug-likeness (QED) is 0.348. The van der Waals surface area contributed by atoms with Crippen molar-refractivity contribution in [1.29, 1.82) is 0 Å². The van der Waals surface area contributed by atoms with E-state index in [1.165, 1.54) is 16.4 Å². The van der Waals surface area contributed by atoms with Gasteiger partial charge in [-0.05, 0) is 17.7 Å². The molecule has 0 saturated heterocycles. The molecule has 0 aromatic heterocycles. The van der Waals surface area contributed by atoms with E-state index in [1.807, 2.05) is 31.9 Å². The zero-order chi connectivity index (χ0) is 18.2. The average molecular weight is 486 g/mol. The first kappa shape index (κ1) is 24.1. The van der Waals surface area contributed by atoms with E-state index >= 15 is 0 Å². The molecular formula is C16H28FIN4O2S. The largest absolute Gasteiger partial charge is 0.355 e. The minimum Gasteiger partial charge on any atom is -0.355 e. The van der Waals surface area contributed by atoms with E-state index in [9.17, 15) is 12.8 Å². The fourth-order valence-electron chi connectivity index (χ4n) is 2.41. The van der Waals surface area contributed by atoms with E-state index in [2.05, 4.69) is 10.3 Å². The lowest BCUT2D eigenvalue weighted by atomic mass is 10.2. The third-order valence-electron chi connectivity index (χ3n) is 3.62. The minimum absolute atomic E-state index is 0. The molecule has 0 amide bonds. The van der Waals surface area contributed by atoms with Crippen LogP contribution < -0.4 is 5.32 Å². The summed E-state index contributed by atoms with van der Waals surface area (Å²) in [7, 11) is 0.178. The van der Waals surface area contributed by atoms with Crippen LogP contribution in [0.5, 0.6) is 0 Å². The highest BCUT2D eigenvalue weighted by Gasteiger charge is 2.18. The lowest BCUT2D eigenvalue weighted by Gasteiger charge is -2.23. The molecule has 0 saturated carbocycles. The van der Waals surface area contributed by atoms with Crippen molar-refractivity contribution in [2.75, 3.05) is 39.5 Å². The third kappa shape index (κ3) is 7.87. The molecule has 0 atom stereocenters. The maximum atomic E-state index is 13.2. The Labute approximate surface area is 167 Å². The number of rotatable bonds is 8. The Hall–Kier alpha value is -0.940. The summed E-state index contributed by atoms with van der Waals surface area (Å²) in [5.74, 6) is 0.282. The number of guanidine groups is 1. The van der Waals surface area contributed by atoms with Gasteiger partial charge in [0.1, 0.15) is 5.82 Å². The Bertz CT molecular complexity index is 651. The second-order valence-electron chi connectivity index (χ2n) is 5.36. The smallest absolute Gasteiger partial charge is 0.215 e. The molecule has 1 aromatic carbocycles. The summed E-state index contributed by atoms with van der Waals surface area (Å²) in [6.07, 6.45) is 0. The van der Waals surface area contributed by atoms with E-state index in [1.54, 1.807) is 13.1 Å². The Morgan fingerprint density at radius 2 is 1.92 bits per heavy atom. The molecule has 0 bridgehead atoms. The van der Waals surface area contributed by atoms with Gasteiger partial charge in [-0.25, -0.2) is 17.1 Å². The third-order valence-corrected chi connectivity index (χ3v) is 5.65. The predicted molar refractivity (Wildman–Crippen MR) is 111 cm³/mol. The molecule has 0 fully saturated rings. The van der Waals surface area contributed by atoms with Gasteiger partial charge < -0.3 is 10.2 Å². The zero-order valence-electron chi connectivity index (χ0n) is 15.2. The van der Waals surface area contributed by atoms with Crippen LogP contribution in [0.4, 0.5) is 4.39 Å². The molecule has 0 spiro atoms. The normalized spacial score (nSPS) is 12.0. The standard InChI is InChI=1S/C16H27FN4O2S.HI/c1-5-21(6-2)24(22,23)11-10-19-16(18-3)20(4)13-14-8-7-9-15(17)12-14;/h7-9,12H,5-6,10-11,13H2,1-4H3,(H,18,19);1H. The Morgan fingerprint density at radius 1 is 1.28 bits per heavy atom. The van der Waals surface area contributed by atoms with Crippen molar-refractivity contribution < 1.29 is 12.8 Å². The Kier molecular flexibility index (Phi) is 11.2. The molecule has 0 aliphatic carbocycles. The van der Waals surface area contributed by atoms with Gasteiger partial charge in [-0.1, -0.05) is 26.0 Å². The van der Waals surface area contributed by atoms with E-state index in [0.717, 1.165) is 5.56 Å². The number of nitrogens with one attached hydrogen (secondary N) is 1. The molecule has 0 heterocycles. The Morgan fingerprint density at radius 3 is 2.44 bits per heavy atom. The van der Waals surface area contributed by atoms with Crippen molar-refractivity contribution in [3.63, 3.8) is 0 Å². The molecule has 25 heavy (non-hydrogen) atoms. The first-order valence-electron chi connectivity index (χ1n) is 7.98. The summed E-state index contributed by atoms with van der Waals surface area (Å²) in [5, 5.41) is 3.04. The maximum Gasteiger partial charge on any atom is 0.215 e. The highest BCUT2D eigenvalue weighted by atomic mass is 127. The van der Waals surface area contributed by atoms with Crippen LogP contribution in [0, 0.1) is 5.82 Å². The van der Waals surface area contributed by atoms with Crippen molar-refractivity contribution in [2.45, 2.75) is 20.4 Å². The number of hydrogen-bond acceptors (Lipinski definition) is 3. The first-order chi connectivity index (χ1) is 11.3. The van der Waals surface area contributed by atoms with Crippen LogP contribution in [0.3, 0.4) is 0 Å². The molecule has 6 nitrogen and oxygen atoms in total. The SMILES string of the molecule is CCN(CC)S(=O)(=O)CCNC(=NC)N(C)Cc1cccc(F)c1.I. The molecule has 1 aromatic rings. The average Bonchev–Trinajstić information content (AvgIpc) is 2.52. The number of hydrogen-bond donors (Lipinski definition) is 1. The summed E-state index contributed by atoms with van der Waals surface area (Å²) in [6.45, 7) is 5.31. The molecule has 0 unspecified atom stereocenters. The topological polar surface area (TPSA) is 65.0 Å². The number of nitrogens with zero attached hydrogens (tertiary/aromatic N) is 3. The van der Waals surface area contributed by atoms with Crippen LogP contribution in [-0.4, -0.2) is 63.1 Å². The van der Waals surface area contributed by atoms with Gasteiger partial charge in [0.2, 0.25) is 10.0 Å². The van der Waals surface area contributed by atoms with Crippen molar-refractivity contribution >= 4 is 40.0 Å². The van der Waals surface area contributed by atoms with Crippen LogP contribution in [0.25, 0.3) is 0 Å². The van der Waals surface area contributed by atoms with Crippen LogP contribution in [0.2, 0.25) is 0 Å². The van der Waals surface area contributed by atoms with Crippen molar-refractivity contribution in [3.8, 4) is 0 Å². The molecule has 0 aliphatic heterocycles. The van der Waals surface area contributed by atoms with Crippen molar-refractivity contribution in [2.24, 2.45) is 4.99 Å². The van der Waals surface area contributed by atoms with Gasteiger partial charge in [0.15, 0.2) is 5.96 Å². The molecule has 1 rings (SSSR count). The highest BCUT2D eigenvalue weighted by molar-refractivity contribution is 14.0. The Balaban J connectivity index is 0.00000576. The van der Waals surface area contributed by atoms with Crippen molar-refractivity contribution in [3.05, 3.63) is 35.6 Å². The number of aliphatic imine (C=N–C) groups is 1. The summed E-state index contributed by atoms with van der Waals surface area (Å²) in [6, 6.07) is 6.35. The lowest BCUT2D eigenvalue weighted by molar-refractivity contribution is 0.443. The van der Waals surface area contributed by atoms with Gasteiger partial charge >= 0.3 is 0 Å². The maximum absolute atomic E-state index is 13.2. The van der Waals surface area contributed by atoms with E-state index in [4.69, 9.17) is 0 Å². The molecular weight excluding hydrogens is 458 g/mol. The molecule has 1 N–H and O–H groups in total. The second-order valence-corrected chi connectivity index (χ2v) is 7.45. The minimum atomic E-state index is -3.27. The van der Waals surface area contributed by atoms with E-state index in [0.29, 0.717) is 25.6 Å². The van der Waals surface area contributed by atoms with Gasteiger partial charge in [0.25, 0.3) is 0 Å². The van der Waals surface area contributed by atoms with Crippen LogP contribution in [0.1, 0.15) is 19.4 Å². The van der Waals surface area contributed by atoms with Crippen LogP contribution >= 0.6 is 24.0 Å². The van der Waals surface area contributed by atoms with Gasteiger partial charge in [-0.2, -0.15) is 0 Å². The van der Waals surface area contributed by atoms with Crippen LogP contribution in [0.15, 0.2) is 29.3 Å². The predicted octanol–water partition coefficient (Wildman–Crippen LogP) is 2.12. The van der Waals surface area contributed by atoms with Gasteiger partial charge in [0.05, 0.1) is 5.75 Å².